The third-order valence-corrected chi connectivity index (χ3v) is 5.90. The molecule has 1 aliphatic rings. The molecule has 6 heteroatoms. The Morgan fingerprint density at radius 2 is 1.96 bits per heavy atom. The van der Waals surface area contributed by atoms with Crippen LogP contribution in [0.25, 0.3) is 10.8 Å². The zero-order chi connectivity index (χ0) is 18.6. The molecule has 0 atom stereocenters. The quantitative estimate of drug-likeness (QED) is 0.678. The predicted molar refractivity (Wildman–Crippen MR) is 107 cm³/mol. The summed E-state index contributed by atoms with van der Waals surface area (Å²) >= 11 is 1.61. The molecule has 0 aliphatic carbocycles. The van der Waals surface area contributed by atoms with Gasteiger partial charge < -0.3 is 9.32 Å². The fraction of sp³-hybridized carbons (Fsp3) is 0.333. The van der Waals surface area contributed by atoms with Crippen LogP contribution in [0.4, 0.5) is 0 Å². The van der Waals surface area contributed by atoms with Gasteiger partial charge in [-0.15, -0.1) is 11.3 Å². The second-order valence-electron chi connectivity index (χ2n) is 6.88. The van der Waals surface area contributed by atoms with Crippen LogP contribution in [0.1, 0.15) is 16.8 Å². The van der Waals surface area contributed by atoms with Gasteiger partial charge in [-0.05, 0) is 30.2 Å². The van der Waals surface area contributed by atoms with Crippen molar-refractivity contribution in [1.82, 2.24) is 14.8 Å². The first-order valence-electron chi connectivity index (χ1n) is 9.22. The first kappa shape index (κ1) is 17.9. The topological polar surface area (TPSA) is 49.6 Å². The van der Waals surface area contributed by atoms with Crippen LogP contribution in [0, 0.1) is 6.92 Å². The van der Waals surface area contributed by atoms with Gasteiger partial charge in [-0.2, -0.15) is 0 Å². The Hall–Kier alpha value is -2.44. The van der Waals surface area contributed by atoms with E-state index in [9.17, 15) is 4.79 Å². The van der Waals surface area contributed by atoms with Crippen LogP contribution >= 0.6 is 11.3 Å². The van der Waals surface area contributed by atoms with E-state index in [1.807, 2.05) is 35.2 Å². The molecule has 5 nitrogen and oxygen atoms in total. The lowest BCUT2D eigenvalue weighted by atomic mass is 10.1. The van der Waals surface area contributed by atoms with E-state index in [2.05, 4.69) is 28.3 Å². The average molecular weight is 382 g/mol. The number of aryl methyl sites for hydroxylation is 1. The summed E-state index contributed by atoms with van der Waals surface area (Å²) in [7, 11) is 0. The van der Waals surface area contributed by atoms with E-state index < -0.39 is 0 Å². The zero-order valence-corrected chi connectivity index (χ0v) is 16.2. The summed E-state index contributed by atoms with van der Waals surface area (Å²) in [5, 5.41) is 3.01. The third-order valence-electron chi connectivity index (χ3n) is 5.00. The summed E-state index contributed by atoms with van der Waals surface area (Å²) in [5.74, 6) is 1.04. The molecule has 4 rings (SSSR count). The van der Waals surface area contributed by atoms with Gasteiger partial charge in [-0.1, -0.05) is 24.3 Å². The van der Waals surface area contributed by atoms with Crippen LogP contribution in [0.2, 0.25) is 0 Å². The standard InChI is InChI=1S/C21H23N3O2S/c1-16-5-2-3-6-17(16)13-20(25)24-10-8-23(9-11-24)14-18-15-27-21(22-18)19-7-4-12-26-19/h2-7,12,15H,8-11,13-14H2,1H3. The van der Waals surface area contributed by atoms with Gasteiger partial charge in [0.05, 0.1) is 18.4 Å². The molecule has 3 aromatic rings. The van der Waals surface area contributed by atoms with E-state index in [4.69, 9.17) is 4.42 Å². The second-order valence-corrected chi connectivity index (χ2v) is 7.74. The van der Waals surface area contributed by atoms with Crippen LogP contribution < -0.4 is 0 Å². The molecule has 1 amide bonds. The van der Waals surface area contributed by atoms with Crippen molar-refractivity contribution in [2.24, 2.45) is 0 Å². The third kappa shape index (κ3) is 4.28. The Balaban J connectivity index is 1.29. The van der Waals surface area contributed by atoms with E-state index in [1.165, 1.54) is 5.56 Å². The highest BCUT2D eigenvalue weighted by atomic mass is 32.1. The summed E-state index contributed by atoms with van der Waals surface area (Å²) in [6, 6.07) is 11.9. The second kappa shape index (κ2) is 8.06. The summed E-state index contributed by atoms with van der Waals surface area (Å²) in [4.78, 5) is 21.6. The molecule has 0 bridgehead atoms. The number of aromatic nitrogens is 1. The lowest BCUT2D eigenvalue weighted by Crippen LogP contribution is -2.48. The number of carbonyl (C=O) groups excluding carboxylic acids is 1. The first-order chi connectivity index (χ1) is 13.2. The molecular formula is C21H23N3O2S. The maximum Gasteiger partial charge on any atom is 0.227 e. The van der Waals surface area contributed by atoms with Gasteiger partial charge in [0.2, 0.25) is 5.91 Å². The molecule has 140 valence electrons. The summed E-state index contributed by atoms with van der Waals surface area (Å²) < 4.78 is 5.41. The Kier molecular flexibility index (Phi) is 5.36. The molecule has 1 fully saturated rings. The number of hydrogen-bond donors (Lipinski definition) is 0. The van der Waals surface area contributed by atoms with Crippen molar-refractivity contribution in [3.63, 3.8) is 0 Å². The lowest BCUT2D eigenvalue weighted by molar-refractivity contribution is -0.132. The van der Waals surface area contributed by atoms with Gasteiger partial charge >= 0.3 is 0 Å². The molecule has 0 spiro atoms. The SMILES string of the molecule is Cc1ccccc1CC(=O)N1CCN(Cc2csc(-c3ccco3)n2)CC1. The molecule has 1 aliphatic heterocycles. The number of piperazine rings is 1. The predicted octanol–water partition coefficient (Wildman–Crippen LogP) is 3.60. The number of carbonyl (C=O) groups is 1. The van der Waals surface area contributed by atoms with Crippen molar-refractivity contribution in [1.29, 1.82) is 0 Å². The monoisotopic (exact) mass is 381 g/mol. The highest BCUT2D eigenvalue weighted by Crippen LogP contribution is 2.24. The maximum absolute atomic E-state index is 12.6. The average Bonchev–Trinajstić information content (AvgIpc) is 3.36. The number of thiazole rings is 1. The van der Waals surface area contributed by atoms with Gasteiger partial charge in [0.1, 0.15) is 0 Å². The van der Waals surface area contributed by atoms with E-state index in [0.717, 1.165) is 54.7 Å². The normalized spacial score (nSPS) is 15.2. The largest absolute Gasteiger partial charge is 0.462 e. The van der Waals surface area contributed by atoms with Gasteiger partial charge in [0.15, 0.2) is 10.8 Å². The van der Waals surface area contributed by atoms with Crippen molar-refractivity contribution >= 4 is 17.2 Å². The van der Waals surface area contributed by atoms with Gasteiger partial charge in [-0.25, -0.2) is 4.98 Å². The van der Waals surface area contributed by atoms with Crippen molar-refractivity contribution < 1.29 is 9.21 Å². The van der Waals surface area contributed by atoms with Crippen molar-refractivity contribution in [3.8, 4) is 10.8 Å². The molecule has 0 unspecified atom stereocenters. The number of furan rings is 1. The zero-order valence-electron chi connectivity index (χ0n) is 15.4. The fourth-order valence-electron chi connectivity index (χ4n) is 3.36. The summed E-state index contributed by atoms with van der Waals surface area (Å²) in [5.41, 5.74) is 3.37. The number of hydrogen-bond acceptors (Lipinski definition) is 5. The van der Waals surface area contributed by atoms with Crippen LogP contribution in [0.5, 0.6) is 0 Å². The highest BCUT2D eigenvalue weighted by molar-refractivity contribution is 7.13. The molecule has 27 heavy (non-hydrogen) atoms. The van der Waals surface area contributed by atoms with Crippen molar-refractivity contribution in [2.45, 2.75) is 19.9 Å². The van der Waals surface area contributed by atoms with Crippen molar-refractivity contribution in [3.05, 3.63) is 64.9 Å². The molecule has 1 aromatic carbocycles. The fourth-order valence-corrected chi connectivity index (χ4v) is 4.14. The maximum atomic E-state index is 12.6. The molecule has 2 aromatic heterocycles. The minimum absolute atomic E-state index is 0.220. The van der Waals surface area contributed by atoms with Crippen LogP contribution in [-0.4, -0.2) is 46.9 Å². The minimum atomic E-state index is 0.220. The van der Waals surface area contributed by atoms with Crippen molar-refractivity contribution in [2.75, 3.05) is 26.2 Å². The van der Waals surface area contributed by atoms with E-state index in [-0.39, 0.29) is 5.91 Å². The smallest absolute Gasteiger partial charge is 0.227 e. The molecule has 3 heterocycles. The molecule has 1 saturated heterocycles. The number of nitrogens with zero attached hydrogens (tertiary/aromatic N) is 3. The van der Waals surface area contributed by atoms with Gasteiger partial charge in [-0.3, -0.25) is 9.69 Å². The van der Waals surface area contributed by atoms with E-state index >= 15 is 0 Å². The number of benzene rings is 1. The molecule has 0 saturated carbocycles. The first-order valence-corrected chi connectivity index (χ1v) is 10.1. The molecule has 0 radical (unpaired) electrons. The minimum Gasteiger partial charge on any atom is -0.462 e. The van der Waals surface area contributed by atoms with Crippen LogP contribution in [-0.2, 0) is 17.8 Å². The van der Waals surface area contributed by atoms with Crippen LogP contribution in [0.3, 0.4) is 0 Å². The Labute approximate surface area is 163 Å². The highest BCUT2D eigenvalue weighted by Gasteiger charge is 2.22. The Morgan fingerprint density at radius 3 is 2.70 bits per heavy atom. The Bertz CT molecular complexity index is 896. The van der Waals surface area contributed by atoms with Gasteiger partial charge in [0.25, 0.3) is 0 Å². The van der Waals surface area contributed by atoms with Gasteiger partial charge in [0, 0.05) is 38.1 Å². The lowest BCUT2D eigenvalue weighted by Gasteiger charge is -2.34. The van der Waals surface area contributed by atoms with Crippen LogP contribution in [0.15, 0.2) is 52.5 Å². The summed E-state index contributed by atoms with van der Waals surface area (Å²) in [6.45, 7) is 6.20. The molecular weight excluding hydrogens is 358 g/mol. The summed E-state index contributed by atoms with van der Waals surface area (Å²) in [6.07, 6.45) is 2.16. The Morgan fingerprint density at radius 1 is 1.15 bits per heavy atom. The van der Waals surface area contributed by atoms with E-state index in [1.54, 1.807) is 17.6 Å². The number of amides is 1. The molecule has 0 N–H and O–H groups in total. The van der Waals surface area contributed by atoms with E-state index in [0.29, 0.717) is 6.42 Å². The number of rotatable bonds is 5.